The lowest BCUT2D eigenvalue weighted by molar-refractivity contribution is 0.293. The van der Waals surface area contributed by atoms with E-state index in [1.54, 1.807) is 0 Å². The normalized spacial score (nSPS) is 24.9. The minimum atomic E-state index is -3.87. The Balaban J connectivity index is 2.39. The van der Waals surface area contributed by atoms with Crippen molar-refractivity contribution in [2.45, 2.75) is 23.6 Å². The highest BCUT2D eigenvalue weighted by atomic mass is 35.5. The Morgan fingerprint density at radius 1 is 1.35 bits per heavy atom. The van der Waals surface area contributed by atoms with Crippen molar-refractivity contribution in [3.63, 3.8) is 0 Å². The number of rotatable bonds is 2. The Kier molecular flexibility index (Phi) is 4.87. The fourth-order valence-corrected chi connectivity index (χ4v) is 4.63. The first-order chi connectivity index (χ1) is 9.25. The van der Waals surface area contributed by atoms with Gasteiger partial charge in [0.1, 0.15) is 4.90 Å². The number of piperidine rings is 1. The van der Waals surface area contributed by atoms with Crippen molar-refractivity contribution in [1.82, 2.24) is 4.31 Å². The van der Waals surface area contributed by atoms with Gasteiger partial charge in [0.05, 0.1) is 10.0 Å². The zero-order valence-electron chi connectivity index (χ0n) is 10.6. The van der Waals surface area contributed by atoms with Crippen LogP contribution in [0, 0.1) is 11.7 Å². The van der Waals surface area contributed by atoms with Crippen LogP contribution in [0.5, 0.6) is 0 Å². The molecule has 8 heteroatoms. The van der Waals surface area contributed by atoms with Crippen LogP contribution in [0.1, 0.15) is 13.3 Å². The molecule has 0 N–H and O–H groups in total. The Morgan fingerprint density at radius 3 is 2.60 bits per heavy atom. The number of nitrogens with zero attached hydrogens (tertiary/aromatic N) is 1. The molecule has 0 spiro atoms. The molecule has 2 unspecified atom stereocenters. The van der Waals surface area contributed by atoms with E-state index in [4.69, 9.17) is 34.8 Å². The first kappa shape index (κ1) is 16.3. The molecule has 1 saturated heterocycles. The van der Waals surface area contributed by atoms with Crippen molar-refractivity contribution in [1.29, 1.82) is 0 Å². The van der Waals surface area contributed by atoms with Gasteiger partial charge in [-0.2, -0.15) is 4.31 Å². The van der Waals surface area contributed by atoms with Gasteiger partial charge >= 0.3 is 0 Å². The lowest BCUT2D eigenvalue weighted by Crippen LogP contribution is -2.43. The predicted molar refractivity (Wildman–Crippen MR) is 78.6 cm³/mol. The quantitative estimate of drug-likeness (QED) is 0.595. The maximum atomic E-state index is 13.7. The lowest BCUT2D eigenvalue weighted by Gasteiger charge is -2.33. The van der Waals surface area contributed by atoms with Crippen LogP contribution in [0.3, 0.4) is 0 Å². The van der Waals surface area contributed by atoms with Crippen molar-refractivity contribution < 1.29 is 12.8 Å². The van der Waals surface area contributed by atoms with E-state index in [-0.39, 0.29) is 27.8 Å². The van der Waals surface area contributed by atoms with Gasteiger partial charge in [0, 0.05) is 18.5 Å². The number of benzene rings is 1. The highest BCUT2D eigenvalue weighted by Crippen LogP contribution is 2.33. The van der Waals surface area contributed by atoms with E-state index in [9.17, 15) is 12.8 Å². The number of sulfonamides is 1. The molecule has 1 aromatic rings. The van der Waals surface area contributed by atoms with Crippen LogP contribution >= 0.6 is 34.8 Å². The van der Waals surface area contributed by atoms with Crippen molar-refractivity contribution >= 4 is 44.8 Å². The first-order valence-electron chi connectivity index (χ1n) is 6.03. The van der Waals surface area contributed by atoms with Gasteiger partial charge in [0.25, 0.3) is 0 Å². The molecular formula is C12H13Cl3FNO2S. The van der Waals surface area contributed by atoms with Gasteiger partial charge in [0.2, 0.25) is 10.0 Å². The Bertz CT molecular complexity index is 623. The molecule has 0 radical (unpaired) electrons. The van der Waals surface area contributed by atoms with Crippen molar-refractivity contribution in [3.05, 3.63) is 28.0 Å². The van der Waals surface area contributed by atoms with E-state index in [2.05, 4.69) is 0 Å². The Labute approximate surface area is 132 Å². The maximum Gasteiger partial charge on any atom is 0.244 e. The average Bonchev–Trinajstić information content (AvgIpc) is 2.38. The zero-order chi connectivity index (χ0) is 15.1. The smallest absolute Gasteiger partial charge is 0.207 e. The molecule has 0 aliphatic carbocycles. The minimum absolute atomic E-state index is 0.186. The molecule has 2 atom stereocenters. The van der Waals surface area contributed by atoms with Crippen LogP contribution in [0.25, 0.3) is 0 Å². The van der Waals surface area contributed by atoms with E-state index >= 15 is 0 Å². The molecule has 1 aromatic carbocycles. The minimum Gasteiger partial charge on any atom is -0.207 e. The van der Waals surface area contributed by atoms with E-state index in [1.807, 2.05) is 6.92 Å². The van der Waals surface area contributed by atoms with Crippen LogP contribution < -0.4 is 0 Å². The molecule has 112 valence electrons. The molecule has 0 amide bonds. The van der Waals surface area contributed by atoms with Crippen LogP contribution in [-0.2, 0) is 10.0 Å². The van der Waals surface area contributed by atoms with Gasteiger partial charge in [0.15, 0.2) is 5.82 Å². The fourth-order valence-electron chi connectivity index (χ4n) is 2.06. The second-order valence-electron chi connectivity index (χ2n) is 4.82. The summed E-state index contributed by atoms with van der Waals surface area (Å²) in [5, 5.41) is -0.965. The molecule has 0 bridgehead atoms. The topological polar surface area (TPSA) is 37.4 Å². The highest BCUT2D eigenvalue weighted by Gasteiger charge is 2.34. The second-order valence-corrected chi connectivity index (χ2v) is 8.07. The molecule has 0 saturated carbocycles. The van der Waals surface area contributed by atoms with E-state index in [0.717, 1.165) is 0 Å². The monoisotopic (exact) mass is 359 g/mol. The predicted octanol–water partition coefficient (Wildman–Crippen LogP) is 3.77. The van der Waals surface area contributed by atoms with E-state index < -0.39 is 20.9 Å². The van der Waals surface area contributed by atoms with Gasteiger partial charge < -0.3 is 0 Å². The molecule has 1 aliphatic rings. The van der Waals surface area contributed by atoms with Crippen LogP contribution in [0.15, 0.2) is 17.0 Å². The molecule has 0 aromatic heterocycles. The molecule has 1 heterocycles. The summed E-state index contributed by atoms with van der Waals surface area (Å²) in [6, 6.07) is 2.39. The standard InChI is InChI=1S/C12H13Cl3FNO2S/c1-7-4-5-17(6-9(7)14)20(18,19)10-3-2-8(13)12(16)11(10)15/h2-3,7,9H,4-6H2,1H3. The summed E-state index contributed by atoms with van der Waals surface area (Å²) >= 11 is 17.5. The van der Waals surface area contributed by atoms with Gasteiger partial charge in [-0.05, 0) is 24.5 Å². The molecule has 3 nitrogen and oxygen atoms in total. The third-order valence-electron chi connectivity index (χ3n) is 3.45. The molecule has 1 fully saturated rings. The van der Waals surface area contributed by atoms with Crippen LogP contribution in [0.2, 0.25) is 10.0 Å². The summed E-state index contributed by atoms with van der Waals surface area (Å²) in [5.74, 6) is -0.692. The maximum absolute atomic E-state index is 13.7. The van der Waals surface area contributed by atoms with Crippen molar-refractivity contribution in [3.8, 4) is 0 Å². The summed E-state index contributed by atoms with van der Waals surface area (Å²) in [7, 11) is -3.87. The second kappa shape index (κ2) is 5.97. The fraction of sp³-hybridized carbons (Fsp3) is 0.500. The van der Waals surface area contributed by atoms with Gasteiger partial charge in [-0.1, -0.05) is 30.1 Å². The van der Waals surface area contributed by atoms with Gasteiger partial charge in [-0.3, -0.25) is 0 Å². The SMILES string of the molecule is CC1CCN(S(=O)(=O)c2ccc(Cl)c(F)c2Cl)CC1Cl. The van der Waals surface area contributed by atoms with Crippen LogP contribution in [0.4, 0.5) is 4.39 Å². The summed E-state index contributed by atoms with van der Waals surface area (Å²) < 4.78 is 39.9. The molecular weight excluding hydrogens is 348 g/mol. The summed E-state index contributed by atoms with van der Waals surface area (Å²) in [4.78, 5) is -0.278. The summed E-state index contributed by atoms with van der Waals surface area (Å²) in [6.07, 6.45) is 0.654. The third-order valence-corrected chi connectivity index (χ3v) is 6.70. The summed E-state index contributed by atoms with van der Waals surface area (Å²) in [6.45, 7) is 2.50. The number of hydrogen-bond acceptors (Lipinski definition) is 2. The lowest BCUT2D eigenvalue weighted by atomic mass is 10.0. The van der Waals surface area contributed by atoms with Crippen molar-refractivity contribution in [2.24, 2.45) is 5.92 Å². The van der Waals surface area contributed by atoms with Gasteiger partial charge in [-0.15, -0.1) is 11.6 Å². The zero-order valence-corrected chi connectivity index (χ0v) is 13.7. The first-order valence-corrected chi connectivity index (χ1v) is 8.66. The third kappa shape index (κ3) is 2.92. The van der Waals surface area contributed by atoms with E-state index in [0.29, 0.717) is 13.0 Å². The number of alkyl halides is 1. The number of halogens is 4. The molecule has 20 heavy (non-hydrogen) atoms. The van der Waals surface area contributed by atoms with E-state index in [1.165, 1.54) is 16.4 Å². The average molecular weight is 361 g/mol. The Hall–Kier alpha value is -0.0700. The number of hydrogen-bond donors (Lipinski definition) is 0. The largest absolute Gasteiger partial charge is 0.244 e. The van der Waals surface area contributed by atoms with Crippen LogP contribution in [-0.4, -0.2) is 31.2 Å². The Morgan fingerprint density at radius 2 is 2.00 bits per heavy atom. The molecule has 2 rings (SSSR count). The summed E-state index contributed by atoms with van der Waals surface area (Å²) in [5.41, 5.74) is 0. The molecule has 1 aliphatic heterocycles. The van der Waals surface area contributed by atoms with Gasteiger partial charge in [-0.25, -0.2) is 12.8 Å². The highest BCUT2D eigenvalue weighted by molar-refractivity contribution is 7.89. The van der Waals surface area contributed by atoms with Crippen molar-refractivity contribution in [2.75, 3.05) is 13.1 Å².